The van der Waals surface area contributed by atoms with Gasteiger partial charge in [0.1, 0.15) is 18.0 Å². The Bertz CT molecular complexity index is 749. The van der Waals surface area contributed by atoms with Crippen molar-refractivity contribution in [1.29, 1.82) is 0 Å². The molecule has 7 heteroatoms. The van der Waals surface area contributed by atoms with E-state index >= 15 is 0 Å². The van der Waals surface area contributed by atoms with Crippen molar-refractivity contribution in [1.82, 2.24) is 4.90 Å². The van der Waals surface area contributed by atoms with Gasteiger partial charge in [-0.2, -0.15) is 0 Å². The number of carbonyl (C=O) groups excluding carboxylic acids is 3. The molecule has 0 aromatic heterocycles. The Morgan fingerprint density at radius 1 is 1.12 bits per heavy atom. The lowest BCUT2D eigenvalue weighted by atomic mass is 9.81. The number of nitrogens with zero attached hydrogens (tertiary/aromatic N) is 1. The molecule has 3 aliphatic rings. The van der Waals surface area contributed by atoms with Crippen LogP contribution in [0.25, 0.3) is 0 Å². The normalized spacial score (nSPS) is 29.1. The van der Waals surface area contributed by atoms with Crippen molar-refractivity contribution in [2.24, 2.45) is 23.7 Å². The third-order valence-corrected chi connectivity index (χ3v) is 6.00. The number of carbonyl (C=O) groups is 3. The number of nitrogens with one attached hydrogen (secondary N) is 1. The Morgan fingerprint density at radius 2 is 1.77 bits per heavy atom. The van der Waals surface area contributed by atoms with E-state index in [4.69, 9.17) is 9.47 Å². The van der Waals surface area contributed by atoms with Gasteiger partial charge in [0.05, 0.1) is 31.7 Å². The average molecular weight is 358 g/mol. The molecule has 4 rings (SSSR count). The Morgan fingerprint density at radius 3 is 2.35 bits per heavy atom. The van der Waals surface area contributed by atoms with Crippen LogP contribution in [0.5, 0.6) is 11.5 Å². The maximum absolute atomic E-state index is 12.7. The van der Waals surface area contributed by atoms with E-state index < -0.39 is 5.91 Å². The predicted molar refractivity (Wildman–Crippen MR) is 92.7 cm³/mol. The summed E-state index contributed by atoms with van der Waals surface area (Å²) in [5.41, 5.74) is 0.470. The third-order valence-electron chi connectivity index (χ3n) is 6.00. The van der Waals surface area contributed by atoms with E-state index in [2.05, 4.69) is 5.32 Å². The first-order valence-corrected chi connectivity index (χ1v) is 8.90. The topological polar surface area (TPSA) is 84.9 Å². The van der Waals surface area contributed by atoms with E-state index in [1.807, 2.05) is 0 Å². The lowest BCUT2D eigenvalue weighted by Crippen LogP contribution is -2.39. The fourth-order valence-corrected chi connectivity index (χ4v) is 4.86. The van der Waals surface area contributed by atoms with Gasteiger partial charge in [0.25, 0.3) is 0 Å². The number of benzene rings is 1. The van der Waals surface area contributed by atoms with Crippen LogP contribution in [0.15, 0.2) is 18.2 Å². The quantitative estimate of drug-likeness (QED) is 0.810. The van der Waals surface area contributed by atoms with Gasteiger partial charge in [-0.25, -0.2) is 0 Å². The van der Waals surface area contributed by atoms with Crippen LogP contribution in [0, 0.1) is 23.7 Å². The fourth-order valence-electron chi connectivity index (χ4n) is 4.86. The van der Waals surface area contributed by atoms with Crippen molar-refractivity contribution in [2.45, 2.75) is 19.3 Å². The highest BCUT2D eigenvalue weighted by Gasteiger charge is 2.60. The molecule has 1 heterocycles. The molecule has 3 fully saturated rings. The van der Waals surface area contributed by atoms with Crippen LogP contribution in [-0.2, 0) is 14.4 Å². The molecule has 0 radical (unpaired) electrons. The van der Waals surface area contributed by atoms with E-state index in [1.165, 1.54) is 7.11 Å². The Hall–Kier alpha value is -2.57. The molecule has 7 nitrogen and oxygen atoms in total. The zero-order chi connectivity index (χ0) is 18.4. The summed E-state index contributed by atoms with van der Waals surface area (Å²) < 4.78 is 10.4. The number of rotatable bonds is 5. The van der Waals surface area contributed by atoms with Crippen LogP contribution < -0.4 is 14.8 Å². The summed E-state index contributed by atoms with van der Waals surface area (Å²) in [5.74, 6) is 0.511. The number of ether oxygens (including phenoxy) is 2. The summed E-state index contributed by atoms with van der Waals surface area (Å²) in [5, 5.41) is 2.72. The van der Waals surface area contributed by atoms with Gasteiger partial charge >= 0.3 is 0 Å². The van der Waals surface area contributed by atoms with Crippen LogP contribution >= 0.6 is 0 Å². The Balaban J connectivity index is 1.46. The van der Waals surface area contributed by atoms with E-state index in [-0.39, 0.29) is 30.2 Å². The van der Waals surface area contributed by atoms with Crippen LogP contribution in [-0.4, -0.2) is 43.4 Å². The number of hydrogen-bond acceptors (Lipinski definition) is 5. The number of hydrogen-bond donors (Lipinski definition) is 1. The number of imide groups is 1. The summed E-state index contributed by atoms with van der Waals surface area (Å²) in [4.78, 5) is 38.9. The second kappa shape index (κ2) is 6.30. The lowest BCUT2D eigenvalue weighted by molar-refractivity contribution is -0.143. The number of amides is 3. The highest BCUT2D eigenvalue weighted by atomic mass is 16.5. The number of anilines is 1. The van der Waals surface area contributed by atoms with Crippen molar-refractivity contribution in [3.05, 3.63) is 18.2 Å². The lowest BCUT2D eigenvalue weighted by Gasteiger charge is -2.19. The predicted octanol–water partition coefficient (Wildman–Crippen LogP) is 1.67. The molecule has 1 aromatic rings. The second-order valence-corrected chi connectivity index (χ2v) is 7.26. The number of methoxy groups -OCH3 is 2. The van der Waals surface area contributed by atoms with Gasteiger partial charge in [-0.15, -0.1) is 0 Å². The monoisotopic (exact) mass is 358 g/mol. The summed E-state index contributed by atoms with van der Waals surface area (Å²) in [6, 6.07) is 5.02. The van der Waals surface area contributed by atoms with Gasteiger partial charge in [-0.1, -0.05) is 0 Å². The Labute approximate surface area is 151 Å². The summed E-state index contributed by atoms with van der Waals surface area (Å²) in [6.45, 7) is -0.251. The standard InChI is InChI=1S/C19H22N2O5/c1-25-12-5-6-13(14(8-12)26-2)20-15(22)9-21-18(23)16-10-3-4-11(7-10)17(16)19(21)24/h5-6,8,10-11,16-17H,3-4,7,9H2,1-2H3,(H,20,22)/t10-,11-,16-,17+/m0/s1. The first kappa shape index (κ1) is 16.9. The van der Waals surface area contributed by atoms with Gasteiger partial charge < -0.3 is 14.8 Å². The second-order valence-electron chi connectivity index (χ2n) is 7.26. The highest BCUT2D eigenvalue weighted by molar-refractivity contribution is 6.09. The molecule has 4 atom stereocenters. The fraction of sp³-hybridized carbons (Fsp3) is 0.526. The van der Waals surface area contributed by atoms with Gasteiger partial charge in [-0.05, 0) is 43.2 Å². The van der Waals surface area contributed by atoms with Gasteiger partial charge in [0.2, 0.25) is 17.7 Å². The minimum atomic E-state index is -0.414. The van der Waals surface area contributed by atoms with Gasteiger partial charge in [0, 0.05) is 6.07 Å². The molecular formula is C19H22N2O5. The zero-order valence-corrected chi connectivity index (χ0v) is 14.9. The van der Waals surface area contributed by atoms with E-state index in [0.717, 1.165) is 24.2 Å². The number of fused-ring (bicyclic) bond motifs is 5. The van der Waals surface area contributed by atoms with Crippen LogP contribution in [0.1, 0.15) is 19.3 Å². The maximum atomic E-state index is 12.7. The minimum Gasteiger partial charge on any atom is -0.497 e. The number of likely N-dealkylation sites (tertiary alicyclic amines) is 1. The van der Waals surface area contributed by atoms with Gasteiger partial charge in [0.15, 0.2) is 0 Å². The SMILES string of the molecule is COc1ccc(NC(=O)CN2C(=O)[C@@H]3[C@H]4CC[C@@H](C4)[C@@H]3C2=O)c(OC)c1. The zero-order valence-electron chi connectivity index (χ0n) is 14.9. The molecule has 0 spiro atoms. The molecule has 0 unspecified atom stereocenters. The van der Waals surface area contributed by atoms with Crippen LogP contribution in [0.2, 0.25) is 0 Å². The first-order valence-electron chi connectivity index (χ1n) is 8.90. The minimum absolute atomic E-state index is 0.177. The Kier molecular flexibility index (Phi) is 4.09. The van der Waals surface area contributed by atoms with Gasteiger partial charge in [-0.3, -0.25) is 19.3 Å². The van der Waals surface area contributed by atoms with Crippen LogP contribution in [0.3, 0.4) is 0 Å². The van der Waals surface area contributed by atoms with E-state index in [1.54, 1.807) is 25.3 Å². The van der Waals surface area contributed by atoms with E-state index in [0.29, 0.717) is 29.0 Å². The highest BCUT2D eigenvalue weighted by Crippen LogP contribution is 2.56. The maximum Gasteiger partial charge on any atom is 0.244 e. The molecule has 2 bridgehead atoms. The molecule has 3 amide bonds. The summed E-state index contributed by atoms with van der Waals surface area (Å²) >= 11 is 0. The molecule has 1 N–H and O–H groups in total. The third kappa shape index (κ3) is 2.53. The van der Waals surface area contributed by atoms with Crippen LogP contribution in [0.4, 0.5) is 5.69 Å². The molecule has 26 heavy (non-hydrogen) atoms. The average Bonchev–Trinajstić information content (AvgIpc) is 3.32. The van der Waals surface area contributed by atoms with Crippen molar-refractivity contribution in [3.63, 3.8) is 0 Å². The molecule has 138 valence electrons. The molecule has 1 aromatic carbocycles. The van der Waals surface area contributed by atoms with Crippen molar-refractivity contribution in [3.8, 4) is 11.5 Å². The summed E-state index contributed by atoms with van der Waals surface area (Å²) in [7, 11) is 3.04. The first-order chi connectivity index (χ1) is 12.5. The molecular weight excluding hydrogens is 336 g/mol. The molecule has 1 aliphatic heterocycles. The molecule has 2 aliphatic carbocycles. The van der Waals surface area contributed by atoms with Crippen molar-refractivity contribution in [2.75, 3.05) is 26.1 Å². The molecule has 2 saturated carbocycles. The van der Waals surface area contributed by atoms with E-state index in [9.17, 15) is 14.4 Å². The summed E-state index contributed by atoms with van der Waals surface area (Å²) in [6.07, 6.45) is 3.03. The smallest absolute Gasteiger partial charge is 0.244 e. The largest absolute Gasteiger partial charge is 0.497 e. The van der Waals surface area contributed by atoms with Crippen molar-refractivity contribution < 1.29 is 23.9 Å². The molecule has 1 saturated heterocycles. The van der Waals surface area contributed by atoms with Crippen molar-refractivity contribution >= 4 is 23.4 Å².